The van der Waals surface area contributed by atoms with E-state index in [0.717, 1.165) is 22.1 Å². The Morgan fingerprint density at radius 3 is 2.75 bits per heavy atom. The quantitative estimate of drug-likeness (QED) is 0.596. The van der Waals surface area contributed by atoms with Crippen molar-refractivity contribution in [3.8, 4) is 5.75 Å². The van der Waals surface area contributed by atoms with Crippen molar-refractivity contribution in [3.63, 3.8) is 0 Å². The number of carbonyl (C=O) groups excluding carboxylic acids is 2. The van der Waals surface area contributed by atoms with Crippen LogP contribution in [0.2, 0.25) is 5.02 Å². The number of ether oxygens (including phenoxy) is 2. The molecule has 0 fully saturated rings. The molecule has 0 aliphatic carbocycles. The summed E-state index contributed by atoms with van der Waals surface area (Å²) in [4.78, 5) is 27.0. The molecule has 28 heavy (non-hydrogen) atoms. The molecule has 0 spiro atoms. The third-order valence-corrected chi connectivity index (χ3v) is 6.47. The van der Waals surface area contributed by atoms with E-state index in [2.05, 4.69) is 6.07 Å². The molecule has 0 radical (unpaired) electrons. The number of hydrogen-bond acceptors (Lipinski definition) is 5. The lowest BCUT2D eigenvalue weighted by molar-refractivity contribution is -0.135. The zero-order valence-corrected chi connectivity index (χ0v) is 16.8. The van der Waals surface area contributed by atoms with E-state index in [4.69, 9.17) is 21.1 Å². The highest BCUT2D eigenvalue weighted by Gasteiger charge is 2.23. The van der Waals surface area contributed by atoms with E-state index in [-0.39, 0.29) is 12.5 Å². The summed E-state index contributed by atoms with van der Waals surface area (Å²) in [5.74, 6) is -0.108. The Kier molecular flexibility index (Phi) is 5.24. The van der Waals surface area contributed by atoms with E-state index < -0.39 is 5.97 Å². The van der Waals surface area contributed by atoms with Crippen molar-refractivity contribution in [2.75, 3.05) is 20.3 Å². The highest BCUT2D eigenvalue weighted by Crippen LogP contribution is 2.37. The van der Waals surface area contributed by atoms with Crippen LogP contribution in [-0.4, -0.2) is 37.0 Å². The van der Waals surface area contributed by atoms with Crippen LogP contribution >= 0.6 is 22.9 Å². The number of methoxy groups -OCH3 is 1. The van der Waals surface area contributed by atoms with Crippen LogP contribution in [0.3, 0.4) is 0 Å². The summed E-state index contributed by atoms with van der Waals surface area (Å²) in [5, 5.41) is 1.10. The fourth-order valence-electron chi connectivity index (χ4n) is 3.30. The highest BCUT2D eigenvalue weighted by atomic mass is 35.5. The molecular weight excluding hydrogens is 398 g/mol. The maximum atomic E-state index is 12.5. The first-order valence-electron chi connectivity index (χ1n) is 8.84. The standard InChI is InChI=1S/C21H18ClNO4S/c1-26-15-6-7-16-17(10-15)28-20(19(16)22)21(25)27-12-18(24)23-9-8-13-4-2-3-5-14(13)11-23/h2-7,10H,8-9,11-12H2,1H3. The monoisotopic (exact) mass is 415 g/mol. The lowest BCUT2D eigenvalue weighted by Gasteiger charge is -2.28. The fraction of sp³-hybridized carbons (Fsp3) is 0.238. The Labute approximate surface area is 171 Å². The van der Waals surface area contributed by atoms with E-state index in [1.165, 1.54) is 16.9 Å². The minimum absolute atomic E-state index is 0.207. The van der Waals surface area contributed by atoms with Crippen LogP contribution in [0.15, 0.2) is 42.5 Å². The number of carbonyl (C=O) groups is 2. The molecule has 144 valence electrons. The van der Waals surface area contributed by atoms with Crippen molar-refractivity contribution in [1.82, 2.24) is 4.90 Å². The van der Waals surface area contributed by atoms with Gasteiger partial charge < -0.3 is 14.4 Å². The zero-order chi connectivity index (χ0) is 19.7. The summed E-state index contributed by atoms with van der Waals surface area (Å²) in [5.41, 5.74) is 2.39. The molecule has 7 heteroatoms. The molecule has 1 aliphatic heterocycles. The number of halogens is 1. The number of amides is 1. The Balaban J connectivity index is 1.42. The largest absolute Gasteiger partial charge is 0.497 e. The minimum Gasteiger partial charge on any atom is -0.497 e. The van der Waals surface area contributed by atoms with Gasteiger partial charge >= 0.3 is 5.97 Å². The lowest BCUT2D eigenvalue weighted by Crippen LogP contribution is -2.38. The van der Waals surface area contributed by atoms with Gasteiger partial charge in [0.1, 0.15) is 10.6 Å². The van der Waals surface area contributed by atoms with Crippen LogP contribution in [0.25, 0.3) is 10.1 Å². The molecule has 0 unspecified atom stereocenters. The van der Waals surface area contributed by atoms with Crippen LogP contribution in [0.1, 0.15) is 20.8 Å². The molecule has 0 N–H and O–H groups in total. The summed E-state index contributed by atoms with van der Waals surface area (Å²) in [7, 11) is 1.58. The zero-order valence-electron chi connectivity index (χ0n) is 15.2. The molecule has 1 aromatic heterocycles. The van der Waals surface area contributed by atoms with Crippen LogP contribution in [0.5, 0.6) is 5.75 Å². The SMILES string of the molecule is COc1ccc2c(Cl)c(C(=O)OCC(=O)N3CCc4ccccc4C3)sc2c1. The number of rotatable bonds is 4. The number of thiophene rings is 1. The molecule has 4 rings (SSSR count). The Morgan fingerprint density at radius 2 is 1.96 bits per heavy atom. The maximum absolute atomic E-state index is 12.5. The van der Waals surface area contributed by atoms with E-state index in [1.54, 1.807) is 24.1 Å². The molecule has 1 amide bonds. The topological polar surface area (TPSA) is 55.8 Å². The van der Waals surface area contributed by atoms with Crippen molar-refractivity contribution >= 4 is 44.9 Å². The number of hydrogen-bond donors (Lipinski definition) is 0. The number of nitrogens with zero attached hydrogens (tertiary/aromatic N) is 1. The Hall–Kier alpha value is -2.57. The van der Waals surface area contributed by atoms with Crippen molar-refractivity contribution in [2.45, 2.75) is 13.0 Å². The van der Waals surface area contributed by atoms with Crippen LogP contribution in [0.4, 0.5) is 0 Å². The Morgan fingerprint density at radius 1 is 1.18 bits per heavy atom. The highest BCUT2D eigenvalue weighted by molar-refractivity contribution is 7.21. The molecule has 3 aromatic rings. The van der Waals surface area contributed by atoms with Crippen LogP contribution < -0.4 is 4.74 Å². The van der Waals surface area contributed by atoms with Crippen LogP contribution in [0, 0.1) is 0 Å². The second kappa shape index (κ2) is 7.81. The first kappa shape index (κ1) is 18.8. The predicted octanol–water partition coefficient (Wildman–Crippen LogP) is 4.31. The molecule has 1 aliphatic rings. The van der Waals surface area contributed by atoms with Gasteiger partial charge in [-0.25, -0.2) is 4.79 Å². The molecule has 2 aromatic carbocycles. The minimum atomic E-state index is -0.587. The molecule has 0 saturated carbocycles. The van der Waals surface area contributed by atoms with E-state index >= 15 is 0 Å². The van der Waals surface area contributed by atoms with Crippen LogP contribution in [-0.2, 0) is 22.5 Å². The van der Waals surface area contributed by atoms with Gasteiger partial charge in [0.15, 0.2) is 6.61 Å². The first-order chi connectivity index (χ1) is 13.6. The molecular formula is C21H18ClNO4S. The third kappa shape index (κ3) is 3.57. The summed E-state index contributed by atoms with van der Waals surface area (Å²) in [6.45, 7) is 0.863. The van der Waals surface area contributed by atoms with E-state index in [1.807, 2.05) is 24.3 Å². The number of esters is 1. The second-order valence-electron chi connectivity index (χ2n) is 6.52. The summed E-state index contributed by atoms with van der Waals surface area (Å²) >= 11 is 7.57. The normalized spacial score (nSPS) is 13.3. The molecule has 0 saturated heterocycles. The average Bonchev–Trinajstić information content (AvgIpc) is 3.07. The van der Waals surface area contributed by atoms with Gasteiger partial charge in [0.05, 0.1) is 12.1 Å². The first-order valence-corrected chi connectivity index (χ1v) is 10.0. The smallest absolute Gasteiger partial charge is 0.350 e. The van der Waals surface area contributed by atoms with Gasteiger partial charge in [-0.1, -0.05) is 35.9 Å². The van der Waals surface area contributed by atoms with Crippen molar-refractivity contribution in [2.24, 2.45) is 0 Å². The van der Waals surface area contributed by atoms with Gasteiger partial charge in [-0.15, -0.1) is 11.3 Å². The van der Waals surface area contributed by atoms with Crippen molar-refractivity contribution in [3.05, 3.63) is 63.5 Å². The van der Waals surface area contributed by atoms with Gasteiger partial charge in [-0.05, 0) is 35.7 Å². The third-order valence-electron chi connectivity index (χ3n) is 4.83. The predicted molar refractivity (Wildman–Crippen MR) is 109 cm³/mol. The summed E-state index contributed by atoms with van der Waals surface area (Å²) in [6, 6.07) is 13.5. The van der Waals surface area contributed by atoms with Crippen molar-refractivity contribution < 1.29 is 19.1 Å². The van der Waals surface area contributed by atoms with Gasteiger partial charge in [-0.3, -0.25) is 4.79 Å². The number of benzene rings is 2. The van der Waals surface area contributed by atoms with Gasteiger partial charge in [-0.2, -0.15) is 0 Å². The summed E-state index contributed by atoms with van der Waals surface area (Å²) < 4.78 is 11.3. The van der Waals surface area contributed by atoms with Crippen molar-refractivity contribution in [1.29, 1.82) is 0 Å². The Bertz CT molecular complexity index is 1060. The van der Waals surface area contributed by atoms with Gasteiger partial charge in [0, 0.05) is 23.2 Å². The molecule has 0 bridgehead atoms. The van der Waals surface area contributed by atoms with Gasteiger partial charge in [0.25, 0.3) is 5.91 Å². The van der Waals surface area contributed by atoms with E-state index in [9.17, 15) is 9.59 Å². The van der Waals surface area contributed by atoms with E-state index in [0.29, 0.717) is 28.7 Å². The molecule has 0 atom stereocenters. The second-order valence-corrected chi connectivity index (χ2v) is 7.95. The number of fused-ring (bicyclic) bond motifs is 2. The lowest BCUT2D eigenvalue weighted by atomic mass is 10.00. The average molecular weight is 416 g/mol. The summed E-state index contributed by atoms with van der Waals surface area (Å²) in [6.07, 6.45) is 0.805. The molecule has 5 nitrogen and oxygen atoms in total. The maximum Gasteiger partial charge on any atom is 0.350 e. The molecule has 2 heterocycles. The fourth-order valence-corrected chi connectivity index (χ4v) is 4.73. The van der Waals surface area contributed by atoms with Gasteiger partial charge in [0.2, 0.25) is 0 Å².